The van der Waals surface area contributed by atoms with E-state index in [9.17, 15) is 0 Å². The predicted molar refractivity (Wildman–Crippen MR) is 99.7 cm³/mol. The average molecular weight is 419 g/mol. The number of hydrogen-bond acceptors (Lipinski definition) is 0. The van der Waals surface area contributed by atoms with Crippen molar-refractivity contribution in [3.8, 4) is 0 Å². The molecule has 2 aromatic rings. The first kappa shape index (κ1) is 17.7. The zero-order chi connectivity index (χ0) is 15.9. The number of halogens is 6. The second-order valence-electron chi connectivity index (χ2n) is 5.11. The van der Waals surface area contributed by atoms with Crippen molar-refractivity contribution in [1.29, 1.82) is 0 Å². The lowest BCUT2D eigenvalue weighted by Crippen LogP contribution is -2.54. The van der Waals surface area contributed by atoms with Crippen LogP contribution in [0.1, 0.15) is 0 Å². The van der Waals surface area contributed by atoms with E-state index in [2.05, 4.69) is 13.1 Å². The Kier molecular flexibility index (Phi) is 5.48. The Morgan fingerprint density at radius 2 is 0.810 bits per heavy atom. The molecule has 2 aromatic carbocycles. The Hall–Kier alpha value is 0.397. The predicted octanol–water partition coefficient (Wildman–Crippen LogP) is 6.43. The summed E-state index contributed by atoms with van der Waals surface area (Å²) in [5.74, 6) is 0. The standard InChI is InChI=1S/C14H10Cl6Si/c1-21(2,13-9(17)3-7(15)4-10(13)18)14-11(19)5-8(16)6-12(14)20/h3-6H,1-2H3. The quantitative estimate of drug-likeness (QED) is 0.493. The molecule has 0 aliphatic heterocycles. The molecule has 0 saturated carbocycles. The molecule has 0 heterocycles. The van der Waals surface area contributed by atoms with Gasteiger partial charge in [0.2, 0.25) is 0 Å². The average Bonchev–Trinajstić information content (AvgIpc) is 2.23. The van der Waals surface area contributed by atoms with Crippen molar-refractivity contribution in [1.82, 2.24) is 0 Å². The maximum atomic E-state index is 6.36. The molecule has 0 unspecified atom stereocenters. The van der Waals surface area contributed by atoms with Crippen LogP contribution in [0.4, 0.5) is 0 Å². The Labute approximate surface area is 154 Å². The lowest BCUT2D eigenvalue weighted by molar-refractivity contribution is 1.66. The molecule has 0 saturated heterocycles. The van der Waals surface area contributed by atoms with Crippen LogP contribution in [0, 0.1) is 0 Å². The van der Waals surface area contributed by atoms with Gasteiger partial charge in [-0.05, 0) is 34.6 Å². The summed E-state index contributed by atoms with van der Waals surface area (Å²) < 4.78 is 0. The van der Waals surface area contributed by atoms with Crippen molar-refractivity contribution in [2.75, 3.05) is 0 Å². The van der Waals surface area contributed by atoms with Crippen LogP contribution in [0.15, 0.2) is 24.3 Å². The summed E-state index contributed by atoms with van der Waals surface area (Å²) in [6, 6.07) is 6.71. The molecule has 0 aliphatic carbocycles. The minimum Gasteiger partial charge on any atom is -0.0843 e. The van der Waals surface area contributed by atoms with Crippen LogP contribution >= 0.6 is 69.6 Å². The van der Waals surface area contributed by atoms with Gasteiger partial charge in [0.15, 0.2) is 0 Å². The molecule has 21 heavy (non-hydrogen) atoms. The topological polar surface area (TPSA) is 0 Å². The van der Waals surface area contributed by atoms with E-state index in [-0.39, 0.29) is 0 Å². The number of benzene rings is 2. The van der Waals surface area contributed by atoms with Crippen LogP contribution < -0.4 is 10.4 Å². The Morgan fingerprint density at radius 1 is 0.571 bits per heavy atom. The fourth-order valence-corrected chi connectivity index (χ4v) is 9.80. The van der Waals surface area contributed by atoms with Crippen molar-refractivity contribution in [3.63, 3.8) is 0 Å². The maximum Gasteiger partial charge on any atom is 0.120 e. The summed E-state index contributed by atoms with van der Waals surface area (Å²) in [5.41, 5.74) is 0. The fraction of sp³-hybridized carbons (Fsp3) is 0.143. The third kappa shape index (κ3) is 3.50. The van der Waals surface area contributed by atoms with Gasteiger partial charge in [0.05, 0.1) is 0 Å². The first-order chi connectivity index (χ1) is 9.64. The normalized spacial score (nSPS) is 11.8. The maximum absolute atomic E-state index is 6.36. The molecular formula is C14H10Cl6Si. The van der Waals surface area contributed by atoms with Gasteiger partial charge in [0.25, 0.3) is 0 Å². The second kappa shape index (κ2) is 6.49. The highest BCUT2D eigenvalue weighted by Gasteiger charge is 2.35. The van der Waals surface area contributed by atoms with E-state index < -0.39 is 8.07 Å². The van der Waals surface area contributed by atoms with Gasteiger partial charge < -0.3 is 0 Å². The van der Waals surface area contributed by atoms with Crippen molar-refractivity contribution < 1.29 is 0 Å². The van der Waals surface area contributed by atoms with E-state index in [0.29, 0.717) is 30.1 Å². The van der Waals surface area contributed by atoms with Gasteiger partial charge in [0.1, 0.15) is 8.07 Å². The van der Waals surface area contributed by atoms with Crippen LogP contribution in [-0.4, -0.2) is 8.07 Å². The summed E-state index contributed by atoms with van der Waals surface area (Å²) >= 11 is 37.4. The van der Waals surface area contributed by atoms with Gasteiger partial charge >= 0.3 is 0 Å². The first-order valence-corrected chi connectivity index (χ1v) is 11.2. The summed E-state index contributed by atoms with van der Waals surface area (Å²) in [6.07, 6.45) is 0. The molecule has 7 heteroatoms. The van der Waals surface area contributed by atoms with Gasteiger partial charge in [-0.1, -0.05) is 82.7 Å². The van der Waals surface area contributed by atoms with Crippen LogP contribution in [0.25, 0.3) is 0 Å². The molecule has 0 radical (unpaired) electrons. The molecule has 0 N–H and O–H groups in total. The van der Waals surface area contributed by atoms with Crippen LogP contribution in [0.2, 0.25) is 43.2 Å². The molecular weight excluding hydrogens is 409 g/mol. The zero-order valence-electron chi connectivity index (χ0n) is 11.1. The van der Waals surface area contributed by atoms with Crippen molar-refractivity contribution in [2.45, 2.75) is 13.1 Å². The van der Waals surface area contributed by atoms with Crippen molar-refractivity contribution in [2.24, 2.45) is 0 Å². The number of hydrogen-bond donors (Lipinski definition) is 0. The highest BCUT2D eigenvalue weighted by molar-refractivity contribution is 7.04. The van der Waals surface area contributed by atoms with E-state index in [1.54, 1.807) is 24.3 Å². The largest absolute Gasteiger partial charge is 0.120 e. The molecule has 0 nitrogen and oxygen atoms in total. The first-order valence-electron chi connectivity index (χ1n) is 5.94. The zero-order valence-corrected chi connectivity index (χ0v) is 16.6. The molecule has 0 aliphatic rings. The molecule has 112 valence electrons. The summed E-state index contributed by atoms with van der Waals surface area (Å²) in [7, 11) is -2.32. The van der Waals surface area contributed by atoms with Crippen LogP contribution in [0.5, 0.6) is 0 Å². The van der Waals surface area contributed by atoms with Crippen molar-refractivity contribution >= 4 is 88.1 Å². The fourth-order valence-electron chi connectivity index (χ4n) is 2.40. The molecule has 0 amide bonds. The summed E-state index contributed by atoms with van der Waals surface area (Å²) in [6.45, 7) is 4.16. The second-order valence-corrected chi connectivity index (χ2v) is 11.9. The molecule has 0 bridgehead atoms. The SMILES string of the molecule is C[Si](C)(c1c(Cl)cc(Cl)cc1Cl)c1c(Cl)cc(Cl)cc1Cl. The lowest BCUT2D eigenvalue weighted by Gasteiger charge is -2.28. The van der Waals surface area contributed by atoms with Crippen LogP contribution in [-0.2, 0) is 0 Å². The van der Waals surface area contributed by atoms with Crippen LogP contribution in [0.3, 0.4) is 0 Å². The summed E-state index contributed by atoms with van der Waals surface area (Å²) in [5, 5.41) is 4.76. The van der Waals surface area contributed by atoms with E-state index in [4.69, 9.17) is 69.6 Å². The van der Waals surface area contributed by atoms with E-state index >= 15 is 0 Å². The van der Waals surface area contributed by atoms with E-state index in [0.717, 1.165) is 10.4 Å². The third-order valence-corrected chi connectivity index (χ3v) is 9.10. The molecule has 0 atom stereocenters. The smallest absolute Gasteiger partial charge is 0.0843 e. The van der Waals surface area contributed by atoms with Gasteiger partial charge in [-0.25, -0.2) is 0 Å². The number of rotatable bonds is 2. The highest BCUT2D eigenvalue weighted by Crippen LogP contribution is 2.29. The molecule has 0 aromatic heterocycles. The Balaban J connectivity index is 2.74. The Bertz CT molecular complexity index is 605. The summed E-state index contributed by atoms with van der Waals surface area (Å²) in [4.78, 5) is 0. The van der Waals surface area contributed by atoms with Gasteiger partial charge in [0, 0.05) is 30.1 Å². The Morgan fingerprint density at radius 3 is 1.05 bits per heavy atom. The van der Waals surface area contributed by atoms with Gasteiger partial charge in [-0.3, -0.25) is 0 Å². The van der Waals surface area contributed by atoms with E-state index in [1.165, 1.54) is 0 Å². The monoisotopic (exact) mass is 416 g/mol. The lowest BCUT2D eigenvalue weighted by atomic mass is 10.3. The molecule has 0 spiro atoms. The minimum absolute atomic E-state index is 0.492. The van der Waals surface area contributed by atoms with Gasteiger partial charge in [-0.15, -0.1) is 0 Å². The minimum atomic E-state index is -2.32. The van der Waals surface area contributed by atoms with Gasteiger partial charge in [-0.2, -0.15) is 0 Å². The van der Waals surface area contributed by atoms with Crippen molar-refractivity contribution in [3.05, 3.63) is 54.4 Å². The molecule has 0 fully saturated rings. The van der Waals surface area contributed by atoms with E-state index in [1.807, 2.05) is 0 Å². The molecule has 2 rings (SSSR count). The highest BCUT2D eigenvalue weighted by atomic mass is 35.5. The third-order valence-electron chi connectivity index (χ3n) is 3.26.